The lowest BCUT2D eigenvalue weighted by molar-refractivity contribution is -0.187. The van der Waals surface area contributed by atoms with Crippen molar-refractivity contribution >= 4 is 5.91 Å². The van der Waals surface area contributed by atoms with Crippen LogP contribution >= 0.6 is 0 Å². The number of ether oxygens (including phenoxy) is 3. The van der Waals surface area contributed by atoms with Gasteiger partial charge in [-0.3, -0.25) is 4.79 Å². The van der Waals surface area contributed by atoms with Crippen LogP contribution in [0, 0.1) is 0 Å². The van der Waals surface area contributed by atoms with Crippen LogP contribution in [0.1, 0.15) is 22.7 Å². The Kier molecular flexibility index (Phi) is 5.50. The second-order valence-electron chi connectivity index (χ2n) is 6.49. The average molecular weight is 411 g/mol. The number of rotatable bonds is 4. The number of aromatic hydroxyl groups is 1. The Morgan fingerprint density at radius 3 is 2.28 bits per heavy atom. The van der Waals surface area contributed by atoms with E-state index in [1.165, 1.54) is 33.5 Å². The Morgan fingerprint density at radius 1 is 1.03 bits per heavy atom. The summed E-state index contributed by atoms with van der Waals surface area (Å²) in [6.07, 6.45) is -4.83. The first-order valence-electron chi connectivity index (χ1n) is 8.70. The van der Waals surface area contributed by atoms with Gasteiger partial charge in [-0.25, -0.2) is 0 Å². The maximum absolute atomic E-state index is 13.3. The average Bonchev–Trinajstić information content (AvgIpc) is 2.70. The molecule has 1 N–H and O–H groups in total. The van der Waals surface area contributed by atoms with Crippen LogP contribution in [0.15, 0.2) is 30.3 Å². The fourth-order valence-corrected chi connectivity index (χ4v) is 3.56. The van der Waals surface area contributed by atoms with E-state index in [2.05, 4.69) is 0 Å². The van der Waals surface area contributed by atoms with Gasteiger partial charge in [-0.1, -0.05) is 6.07 Å². The number of phenolic OH excluding ortho intramolecular Hbond substituents is 1. The zero-order valence-electron chi connectivity index (χ0n) is 16.0. The van der Waals surface area contributed by atoms with Crippen molar-refractivity contribution in [3.63, 3.8) is 0 Å². The van der Waals surface area contributed by atoms with E-state index in [1.807, 2.05) is 0 Å². The van der Waals surface area contributed by atoms with Gasteiger partial charge in [0.15, 0.2) is 23.0 Å². The quantitative estimate of drug-likeness (QED) is 0.835. The van der Waals surface area contributed by atoms with Crippen molar-refractivity contribution in [1.82, 2.24) is 4.90 Å². The van der Waals surface area contributed by atoms with Crippen molar-refractivity contribution in [2.45, 2.75) is 18.6 Å². The SMILES string of the molecule is COc1cc2c(cc1O)C(c1ccc(OC)c(OC)c1)N(C(=O)C(F)(F)F)CC2. The highest BCUT2D eigenvalue weighted by molar-refractivity contribution is 5.83. The minimum Gasteiger partial charge on any atom is -0.504 e. The summed E-state index contributed by atoms with van der Waals surface area (Å²) in [6, 6.07) is 6.50. The highest BCUT2D eigenvalue weighted by Gasteiger charge is 2.46. The number of methoxy groups -OCH3 is 3. The number of carbonyl (C=O) groups is 1. The summed E-state index contributed by atoms with van der Waals surface area (Å²) in [5.41, 5.74) is 1.47. The minimum absolute atomic E-state index is 0.141. The number of benzene rings is 2. The Balaban J connectivity index is 2.19. The molecule has 6 nitrogen and oxygen atoms in total. The first-order valence-corrected chi connectivity index (χ1v) is 8.70. The first-order chi connectivity index (χ1) is 13.7. The maximum Gasteiger partial charge on any atom is 0.471 e. The van der Waals surface area contributed by atoms with Gasteiger partial charge >= 0.3 is 12.1 Å². The van der Waals surface area contributed by atoms with Gasteiger partial charge in [0.05, 0.1) is 27.4 Å². The molecule has 0 aromatic heterocycles. The van der Waals surface area contributed by atoms with E-state index in [-0.39, 0.29) is 24.5 Å². The molecule has 0 spiro atoms. The summed E-state index contributed by atoms with van der Waals surface area (Å²) in [4.78, 5) is 12.9. The number of halogens is 3. The van der Waals surface area contributed by atoms with Gasteiger partial charge in [-0.2, -0.15) is 13.2 Å². The molecule has 156 valence electrons. The second kappa shape index (κ2) is 7.73. The molecular weight excluding hydrogens is 391 g/mol. The van der Waals surface area contributed by atoms with Gasteiger partial charge in [-0.05, 0) is 47.4 Å². The van der Waals surface area contributed by atoms with Crippen molar-refractivity contribution in [2.75, 3.05) is 27.9 Å². The minimum atomic E-state index is -5.03. The molecule has 2 aromatic carbocycles. The predicted octanol–water partition coefficient (Wildman–Crippen LogP) is 3.45. The third kappa shape index (κ3) is 3.76. The largest absolute Gasteiger partial charge is 0.504 e. The molecule has 0 saturated carbocycles. The van der Waals surface area contributed by atoms with E-state index >= 15 is 0 Å². The molecule has 1 atom stereocenters. The highest BCUT2D eigenvalue weighted by Crippen LogP contribution is 2.43. The van der Waals surface area contributed by atoms with E-state index in [4.69, 9.17) is 14.2 Å². The number of hydrogen-bond acceptors (Lipinski definition) is 5. The monoisotopic (exact) mass is 411 g/mol. The summed E-state index contributed by atoms with van der Waals surface area (Å²) in [5, 5.41) is 10.2. The molecule has 0 aliphatic carbocycles. The summed E-state index contributed by atoms with van der Waals surface area (Å²) in [6.45, 7) is -0.141. The van der Waals surface area contributed by atoms with E-state index in [0.717, 1.165) is 4.90 Å². The number of carbonyl (C=O) groups excluding carboxylic acids is 1. The molecule has 0 radical (unpaired) electrons. The molecule has 1 amide bonds. The fourth-order valence-electron chi connectivity index (χ4n) is 3.56. The molecule has 0 saturated heterocycles. The predicted molar refractivity (Wildman–Crippen MR) is 97.5 cm³/mol. The summed E-state index contributed by atoms with van der Waals surface area (Å²) >= 11 is 0. The van der Waals surface area contributed by atoms with Gasteiger partial charge in [-0.15, -0.1) is 0 Å². The highest BCUT2D eigenvalue weighted by atomic mass is 19.4. The van der Waals surface area contributed by atoms with Crippen molar-refractivity contribution < 1.29 is 37.3 Å². The van der Waals surface area contributed by atoms with Crippen LogP contribution in [0.3, 0.4) is 0 Å². The van der Waals surface area contributed by atoms with Crippen LogP contribution in [0.2, 0.25) is 0 Å². The molecule has 0 bridgehead atoms. The molecule has 1 unspecified atom stereocenters. The number of fused-ring (bicyclic) bond motifs is 1. The van der Waals surface area contributed by atoms with Crippen molar-refractivity contribution in [3.05, 3.63) is 47.0 Å². The maximum atomic E-state index is 13.3. The second-order valence-corrected chi connectivity index (χ2v) is 6.49. The molecule has 0 fully saturated rings. The van der Waals surface area contributed by atoms with Gasteiger partial charge in [0.25, 0.3) is 0 Å². The third-order valence-corrected chi connectivity index (χ3v) is 4.90. The van der Waals surface area contributed by atoms with Crippen LogP contribution < -0.4 is 14.2 Å². The Morgan fingerprint density at radius 2 is 1.69 bits per heavy atom. The number of hydrogen-bond donors (Lipinski definition) is 1. The summed E-state index contributed by atoms with van der Waals surface area (Å²) in [7, 11) is 4.23. The van der Waals surface area contributed by atoms with Crippen LogP contribution in [0.5, 0.6) is 23.0 Å². The normalized spacial score (nSPS) is 16.2. The molecule has 2 aromatic rings. The van der Waals surface area contributed by atoms with E-state index < -0.39 is 18.1 Å². The first kappa shape index (κ1) is 20.6. The topological polar surface area (TPSA) is 68.2 Å². The Labute approximate surface area is 165 Å². The van der Waals surface area contributed by atoms with Crippen LogP contribution in [0.4, 0.5) is 13.2 Å². The summed E-state index contributed by atoms with van der Waals surface area (Å²) in [5.74, 6) is -1.24. The molecule has 3 rings (SSSR count). The lowest BCUT2D eigenvalue weighted by Crippen LogP contribution is -2.46. The number of phenols is 1. The van der Waals surface area contributed by atoms with E-state index in [1.54, 1.807) is 18.2 Å². The molecule has 9 heteroatoms. The van der Waals surface area contributed by atoms with Crippen LogP contribution in [-0.2, 0) is 11.2 Å². The Hall–Kier alpha value is -3.10. The van der Waals surface area contributed by atoms with Gasteiger partial charge < -0.3 is 24.2 Å². The van der Waals surface area contributed by atoms with Gasteiger partial charge in [0, 0.05) is 6.54 Å². The fraction of sp³-hybridized carbons (Fsp3) is 0.350. The molecule has 29 heavy (non-hydrogen) atoms. The molecular formula is C20H20F3NO5. The zero-order chi connectivity index (χ0) is 21.3. The number of alkyl halides is 3. The third-order valence-electron chi connectivity index (χ3n) is 4.90. The van der Waals surface area contributed by atoms with Gasteiger partial charge in [0.2, 0.25) is 0 Å². The van der Waals surface area contributed by atoms with Crippen LogP contribution in [0.25, 0.3) is 0 Å². The zero-order valence-corrected chi connectivity index (χ0v) is 16.0. The molecule has 1 aliphatic heterocycles. The standard InChI is InChI=1S/C20H20F3NO5/c1-27-15-5-4-12(9-17(15)29-3)18-13-10-14(25)16(28-2)8-11(13)6-7-24(18)19(26)20(21,22)23/h4-5,8-10,18,25H,6-7H2,1-3H3. The molecule has 1 aliphatic rings. The van der Waals surface area contributed by atoms with Crippen molar-refractivity contribution in [1.29, 1.82) is 0 Å². The number of amides is 1. The number of nitrogens with zero attached hydrogens (tertiary/aromatic N) is 1. The van der Waals surface area contributed by atoms with E-state index in [9.17, 15) is 23.1 Å². The lowest BCUT2D eigenvalue weighted by Gasteiger charge is -2.38. The van der Waals surface area contributed by atoms with Crippen LogP contribution in [-0.4, -0.2) is 50.0 Å². The summed E-state index contributed by atoms with van der Waals surface area (Å²) < 4.78 is 55.3. The van der Waals surface area contributed by atoms with Crippen molar-refractivity contribution in [2.24, 2.45) is 0 Å². The van der Waals surface area contributed by atoms with E-state index in [0.29, 0.717) is 28.2 Å². The Bertz CT molecular complexity index is 929. The molecule has 1 heterocycles. The van der Waals surface area contributed by atoms with Gasteiger partial charge in [0.1, 0.15) is 0 Å². The smallest absolute Gasteiger partial charge is 0.471 e. The van der Waals surface area contributed by atoms with Crippen molar-refractivity contribution in [3.8, 4) is 23.0 Å². The lowest BCUT2D eigenvalue weighted by atomic mass is 9.87.